The molecule has 30 heavy (non-hydrogen) atoms. The van der Waals surface area contributed by atoms with Gasteiger partial charge in [0.1, 0.15) is 0 Å². The summed E-state index contributed by atoms with van der Waals surface area (Å²) in [5, 5.41) is 19.5. The first-order valence-corrected chi connectivity index (χ1v) is 9.34. The monoisotopic (exact) mass is 395 g/mol. The van der Waals surface area contributed by atoms with Crippen LogP contribution in [0.4, 0.5) is 17.2 Å². The van der Waals surface area contributed by atoms with Crippen LogP contribution in [0.2, 0.25) is 0 Å². The SMILES string of the molecule is O=C(Nc1ccc(Nc2ccc(-n3cccn3)nn2)cc1)c1c[nH]c2ccccc12. The molecule has 8 heteroatoms. The number of carbonyl (C=O) groups is 1. The summed E-state index contributed by atoms with van der Waals surface area (Å²) in [5.74, 6) is 1.09. The number of aromatic amines is 1. The molecule has 0 fully saturated rings. The summed E-state index contributed by atoms with van der Waals surface area (Å²) in [7, 11) is 0. The average Bonchev–Trinajstić information content (AvgIpc) is 3.46. The summed E-state index contributed by atoms with van der Waals surface area (Å²) in [5.41, 5.74) is 3.08. The normalized spacial score (nSPS) is 10.8. The molecule has 0 aliphatic carbocycles. The standard InChI is InChI=1S/C22H17N7O/c30-22(18-14-23-19-5-2-1-4-17(18)19)26-16-8-6-15(7-9-16)25-20-10-11-21(28-27-20)29-13-3-12-24-29/h1-14,23H,(H,25,27)(H,26,30). The number of nitrogens with zero attached hydrogens (tertiary/aromatic N) is 4. The third kappa shape index (κ3) is 3.49. The average molecular weight is 395 g/mol. The van der Waals surface area contributed by atoms with Crippen molar-refractivity contribution in [3.05, 3.63) is 90.9 Å². The van der Waals surface area contributed by atoms with Gasteiger partial charge >= 0.3 is 0 Å². The van der Waals surface area contributed by atoms with Gasteiger partial charge in [-0.3, -0.25) is 4.79 Å². The molecule has 8 nitrogen and oxygen atoms in total. The lowest BCUT2D eigenvalue weighted by Crippen LogP contribution is -2.11. The molecule has 3 N–H and O–H groups in total. The minimum atomic E-state index is -0.159. The van der Waals surface area contributed by atoms with Crippen molar-refractivity contribution in [1.29, 1.82) is 0 Å². The smallest absolute Gasteiger partial charge is 0.257 e. The van der Waals surface area contributed by atoms with Crippen LogP contribution in [0.5, 0.6) is 0 Å². The molecule has 0 unspecified atom stereocenters. The molecule has 3 heterocycles. The topological polar surface area (TPSA) is 101 Å². The second-order valence-electron chi connectivity index (χ2n) is 6.63. The van der Waals surface area contributed by atoms with Gasteiger partial charge in [-0.25, -0.2) is 4.68 Å². The van der Waals surface area contributed by atoms with Crippen LogP contribution in [0.3, 0.4) is 0 Å². The van der Waals surface area contributed by atoms with Crippen LogP contribution in [0.15, 0.2) is 85.3 Å². The fraction of sp³-hybridized carbons (Fsp3) is 0. The number of carbonyl (C=O) groups excluding carboxylic acids is 1. The summed E-state index contributed by atoms with van der Waals surface area (Å²) in [6.07, 6.45) is 5.22. The first kappa shape index (κ1) is 17.6. The van der Waals surface area contributed by atoms with Crippen LogP contribution in [0.1, 0.15) is 10.4 Å². The summed E-state index contributed by atoms with van der Waals surface area (Å²) >= 11 is 0. The van der Waals surface area contributed by atoms with Crippen LogP contribution in [-0.4, -0.2) is 30.9 Å². The van der Waals surface area contributed by atoms with Gasteiger partial charge in [0.15, 0.2) is 11.6 Å². The largest absolute Gasteiger partial charge is 0.360 e. The number of hydrogen-bond acceptors (Lipinski definition) is 5. The lowest BCUT2D eigenvalue weighted by Gasteiger charge is -2.08. The fourth-order valence-corrected chi connectivity index (χ4v) is 3.16. The van der Waals surface area contributed by atoms with Crippen molar-refractivity contribution in [3.8, 4) is 5.82 Å². The van der Waals surface area contributed by atoms with E-state index in [1.54, 1.807) is 23.3 Å². The Labute approximate surface area is 171 Å². The number of hydrogen-bond donors (Lipinski definition) is 3. The van der Waals surface area contributed by atoms with Crippen molar-refractivity contribution in [2.45, 2.75) is 0 Å². The molecule has 0 spiro atoms. The van der Waals surface area contributed by atoms with E-state index in [0.717, 1.165) is 16.6 Å². The van der Waals surface area contributed by atoms with E-state index in [1.165, 1.54) is 0 Å². The van der Waals surface area contributed by atoms with E-state index in [-0.39, 0.29) is 5.91 Å². The zero-order valence-electron chi connectivity index (χ0n) is 15.8. The number of nitrogens with one attached hydrogen (secondary N) is 3. The first-order valence-electron chi connectivity index (χ1n) is 9.34. The molecule has 146 valence electrons. The van der Waals surface area contributed by atoms with Gasteiger partial charge in [-0.15, -0.1) is 10.2 Å². The van der Waals surface area contributed by atoms with Gasteiger partial charge in [-0.1, -0.05) is 18.2 Å². The molecule has 5 rings (SSSR count). The fourth-order valence-electron chi connectivity index (χ4n) is 3.16. The molecule has 0 bridgehead atoms. The molecule has 2 aromatic carbocycles. The molecule has 0 aliphatic rings. The van der Waals surface area contributed by atoms with Gasteiger partial charge in [0.25, 0.3) is 5.91 Å². The Kier molecular flexibility index (Phi) is 4.41. The third-order valence-corrected chi connectivity index (χ3v) is 4.64. The van der Waals surface area contributed by atoms with E-state index in [2.05, 4.69) is 30.9 Å². The third-order valence-electron chi connectivity index (χ3n) is 4.64. The molecular weight excluding hydrogens is 378 g/mol. The Morgan fingerprint density at radius 1 is 0.900 bits per heavy atom. The van der Waals surface area contributed by atoms with Crippen molar-refractivity contribution < 1.29 is 4.79 Å². The zero-order valence-corrected chi connectivity index (χ0v) is 15.8. The summed E-state index contributed by atoms with van der Waals surface area (Å²) in [6.45, 7) is 0. The van der Waals surface area contributed by atoms with E-state index < -0.39 is 0 Å². The van der Waals surface area contributed by atoms with Crippen LogP contribution in [-0.2, 0) is 0 Å². The summed E-state index contributed by atoms with van der Waals surface area (Å²) in [4.78, 5) is 15.7. The van der Waals surface area contributed by atoms with E-state index in [4.69, 9.17) is 0 Å². The van der Waals surface area contributed by atoms with Crippen LogP contribution in [0.25, 0.3) is 16.7 Å². The van der Waals surface area contributed by atoms with Crippen molar-refractivity contribution in [2.24, 2.45) is 0 Å². The second kappa shape index (κ2) is 7.51. The van der Waals surface area contributed by atoms with Gasteiger partial charge in [0.2, 0.25) is 0 Å². The predicted octanol–water partition coefficient (Wildman–Crippen LogP) is 4.14. The molecule has 0 saturated heterocycles. The Morgan fingerprint density at radius 2 is 1.73 bits per heavy atom. The first-order chi connectivity index (χ1) is 14.8. The number of fused-ring (bicyclic) bond motifs is 1. The number of amides is 1. The number of aromatic nitrogens is 5. The van der Waals surface area contributed by atoms with Crippen molar-refractivity contribution in [1.82, 2.24) is 25.0 Å². The molecule has 0 radical (unpaired) electrons. The maximum absolute atomic E-state index is 12.6. The van der Waals surface area contributed by atoms with E-state index in [1.807, 2.05) is 66.7 Å². The molecule has 5 aromatic rings. The highest BCUT2D eigenvalue weighted by molar-refractivity contribution is 6.12. The van der Waals surface area contributed by atoms with Crippen molar-refractivity contribution in [3.63, 3.8) is 0 Å². The second-order valence-corrected chi connectivity index (χ2v) is 6.63. The molecule has 1 amide bonds. The van der Waals surface area contributed by atoms with E-state index >= 15 is 0 Å². The maximum atomic E-state index is 12.6. The summed E-state index contributed by atoms with van der Waals surface area (Å²) < 4.78 is 1.64. The number of benzene rings is 2. The van der Waals surface area contributed by atoms with Crippen LogP contribution >= 0.6 is 0 Å². The van der Waals surface area contributed by atoms with Gasteiger partial charge < -0.3 is 15.6 Å². The predicted molar refractivity (Wildman–Crippen MR) is 115 cm³/mol. The zero-order chi connectivity index (χ0) is 20.3. The van der Waals surface area contributed by atoms with E-state index in [0.29, 0.717) is 22.9 Å². The number of rotatable bonds is 5. The lowest BCUT2D eigenvalue weighted by molar-refractivity contribution is 0.102. The maximum Gasteiger partial charge on any atom is 0.257 e. The lowest BCUT2D eigenvalue weighted by atomic mass is 10.1. The molecular formula is C22H17N7O. The molecule has 0 aliphatic heterocycles. The summed E-state index contributed by atoms with van der Waals surface area (Å²) in [6, 6.07) is 20.6. The number of anilines is 3. The highest BCUT2D eigenvalue weighted by Crippen LogP contribution is 2.21. The Bertz CT molecular complexity index is 1290. The van der Waals surface area contributed by atoms with Gasteiger partial charge in [0.05, 0.1) is 5.56 Å². The number of para-hydroxylation sites is 1. The van der Waals surface area contributed by atoms with E-state index in [9.17, 15) is 4.79 Å². The minimum Gasteiger partial charge on any atom is -0.360 e. The Morgan fingerprint density at radius 3 is 2.50 bits per heavy atom. The van der Waals surface area contributed by atoms with Gasteiger partial charge in [0, 0.05) is 40.9 Å². The van der Waals surface area contributed by atoms with Crippen molar-refractivity contribution >= 4 is 34.0 Å². The van der Waals surface area contributed by atoms with Crippen molar-refractivity contribution in [2.75, 3.05) is 10.6 Å². The Hall–Kier alpha value is -4.46. The molecule has 0 saturated carbocycles. The highest BCUT2D eigenvalue weighted by atomic mass is 16.1. The van der Waals surface area contributed by atoms with Gasteiger partial charge in [-0.2, -0.15) is 5.10 Å². The molecule has 0 atom stereocenters. The minimum absolute atomic E-state index is 0.159. The quantitative estimate of drug-likeness (QED) is 0.415. The number of H-pyrrole nitrogens is 1. The van der Waals surface area contributed by atoms with Crippen LogP contribution < -0.4 is 10.6 Å². The Balaban J connectivity index is 1.26. The van der Waals surface area contributed by atoms with Gasteiger partial charge in [-0.05, 0) is 48.5 Å². The highest BCUT2D eigenvalue weighted by Gasteiger charge is 2.11. The van der Waals surface area contributed by atoms with Crippen LogP contribution in [0, 0.1) is 0 Å². The molecule has 3 aromatic heterocycles.